The second-order valence-electron chi connectivity index (χ2n) is 8.61. The summed E-state index contributed by atoms with van der Waals surface area (Å²) in [6, 6.07) is 12.4. The first-order valence-electron chi connectivity index (χ1n) is 11.1. The van der Waals surface area contributed by atoms with Crippen LogP contribution in [0.5, 0.6) is 5.75 Å². The van der Waals surface area contributed by atoms with Crippen LogP contribution in [0, 0.1) is 5.82 Å². The van der Waals surface area contributed by atoms with Crippen molar-refractivity contribution < 1.29 is 13.9 Å². The largest absolute Gasteiger partial charge is 0.497 e. The SMILES string of the molecule is COc1ccc2[nH]c3c(c2c1)CCN(C(=O)NC1CCCCC1)[C@@H]3c1ccc(F)cc1. The molecule has 0 unspecified atom stereocenters. The van der Waals surface area contributed by atoms with Gasteiger partial charge in [-0.3, -0.25) is 0 Å². The number of amides is 2. The van der Waals surface area contributed by atoms with Crippen molar-refractivity contribution in [3.8, 4) is 5.75 Å². The molecule has 1 fully saturated rings. The van der Waals surface area contributed by atoms with Gasteiger partial charge in [0.15, 0.2) is 0 Å². The molecule has 5 nitrogen and oxygen atoms in total. The van der Waals surface area contributed by atoms with E-state index in [9.17, 15) is 9.18 Å². The predicted octanol–water partition coefficient (Wildman–Crippen LogP) is 5.31. The number of aromatic nitrogens is 1. The lowest BCUT2D eigenvalue weighted by atomic mass is 9.92. The number of benzene rings is 2. The second-order valence-corrected chi connectivity index (χ2v) is 8.61. The van der Waals surface area contributed by atoms with Crippen molar-refractivity contribution >= 4 is 16.9 Å². The number of H-pyrrole nitrogens is 1. The molecular weight excluding hydrogens is 393 g/mol. The van der Waals surface area contributed by atoms with Gasteiger partial charge in [0.1, 0.15) is 11.6 Å². The first-order chi connectivity index (χ1) is 15.1. The van der Waals surface area contributed by atoms with Gasteiger partial charge in [0.25, 0.3) is 0 Å². The van der Waals surface area contributed by atoms with Gasteiger partial charge in [-0.2, -0.15) is 0 Å². The van der Waals surface area contributed by atoms with Crippen molar-refractivity contribution in [3.05, 3.63) is 65.1 Å². The molecule has 2 amide bonds. The quantitative estimate of drug-likeness (QED) is 0.603. The Morgan fingerprint density at radius 3 is 2.65 bits per heavy atom. The summed E-state index contributed by atoms with van der Waals surface area (Å²) in [6.07, 6.45) is 6.42. The fraction of sp³-hybridized carbons (Fsp3) is 0.400. The third-order valence-corrected chi connectivity index (χ3v) is 6.71. The van der Waals surface area contributed by atoms with E-state index in [2.05, 4.69) is 10.3 Å². The number of nitrogens with one attached hydrogen (secondary N) is 2. The van der Waals surface area contributed by atoms with Crippen molar-refractivity contribution in [1.29, 1.82) is 0 Å². The van der Waals surface area contributed by atoms with E-state index in [-0.39, 0.29) is 23.9 Å². The van der Waals surface area contributed by atoms with E-state index in [0.29, 0.717) is 6.54 Å². The molecule has 0 radical (unpaired) electrons. The van der Waals surface area contributed by atoms with E-state index in [1.54, 1.807) is 19.2 Å². The van der Waals surface area contributed by atoms with Crippen LogP contribution >= 0.6 is 0 Å². The van der Waals surface area contributed by atoms with Crippen LogP contribution in [0.3, 0.4) is 0 Å². The summed E-state index contributed by atoms with van der Waals surface area (Å²) in [4.78, 5) is 18.8. The van der Waals surface area contributed by atoms with Crippen LogP contribution < -0.4 is 10.1 Å². The number of carbonyl (C=O) groups is 1. The minimum atomic E-state index is -0.286. The average molecular weight is 422 g/mol. The van der Waals surface area contributed by atoms with Crippen LogP contribution in [-0.2, 0) is 6.42 Å². The lowest BCUT2D eigenvalue weighted by molar-refractivity contribution is 0.172. The van der Waals surface area contributed by atoms with Gasteiger partial charge in [-0.05, 0) is 60.7 Å². The highest BCUT2D eigenvalue weighted by Crippen LogP contribution is 2.39. The van der Waals surface area contributed by atoms with E-state index >= 15 is 0 Å². The van der Waals surface area contributed by atoms with Gasteiger partial charge >= 0.3 is 6.03 Å². The molecule has 0 bridgehead atoms. The molecule has 2 heterocycles. The van der Waals surface area contributed by atoms with Gasteiger partial charge in [0.2, 0.25) is 0 Å². The zero-order valence-corrected chi connectivity index (χ0v) is 17.8. The molecule has 31 heavy (non-hydrogen) atoms. The molecule has 1 saturated carbocycles. The monoisotopic (exact) mass is 421 g/mol. The second kappa shape index (κ2) is 8.25. The van der Waals surface area contributed by atoms with E-state index in [1.165, 1.54) is 37.0 Å². The van der Waals surface area contributed by atoms with E-state index in [4.69, 9.17) is 4.74 Å². The zero-order chi connectivity index (χ0) is 21.4. The topological polar surface area (TPSA) is 57.4 Å². The van der Waals surface area contributed by atoms with E-state index in [1.807, 2.05) is 23.1 Å². The van der Waals surface area contributed by atoms with Crippen molar-refractivity contribution in [1.82, 2.24) is 15.2 Å². The van der Waals surface area contributed by atoms with Crippen LogP contribution in [0.2, 0.25) is 0 Å². The summed E-state index contributed by atoms with van der Waals surface area (Å²) in [5.41, 5.74) is 4.12. The van der Waals surface area contributed by atoms with Crippen molar-refractivity contribution in [2.75, 3.05) is 13.7 Å². The average Bonchev–Trinajstić information content (AvgIpc) is 3.17. The van der Waals surface area contributed by atoms with Gasteiger partial charge < -0.3 is 19.9 Å². The lowest BCUT2D eigenvalue weighted by Gasteiger charge is -2.37. The summed E-state index contributed by atoms with van der Waals surface area (Å²) < 4.78 is 19.1. The Balaban J connectivity index is 1.54. The number of halogens is 1. The molecule has 162 valence electrons. The standard InChI is InChI=1S/C25H28FN3O2/c1-31-19-11-12-22-21(15-19)20-13-14-29(25(30)27-18-5-3-2-4-6-18)24(23(20)28-22)16-7-9-17(26)10-8-16/h7-12,15,18,24,28H,2-6,13-14H2,1H3,(H,27,30)/t24-/m1/s1. The summed E-state index contributed by atoms with van der Waals surface area (Å²) in [5, 5.41) is 4.38. The van der Waals surface area contributed by atoms with Crippen LogP contribution in [0.1, 0.15) is 55.0 Å². The Morgan fingerprint density at radius 1 is 1.13 bits per heavy atom. The van der Waals surface area contributed by atoms with E-state index < -0.39 is 0 Å². The summed E-state index contributed by atoms with van der Waals surface area (Å²) in [6.45, 7) is 0.609. The molecule has 2 aliphatic rings. The first kappa shape index (κ1) is 19.9. The highest BCUT2D eigenvalue weighted by Gasteiger charge is 2.35. The first-order valence-corrected chi connectivity index (χ1v) is 11.1. The van der Waals surface area contributed by atoms with Crippen molar-refractivity contribution in [2.24, 2.45) is 0 Å². The molecule has 1 atom stereocenters. The fourth-order valence-electron chi connectivity index (χ4n) is 5.11. The normalized spacial score (nSPS) is 19.3. The molecule has 1 aliphatic heterocycles. The van der Waals surface area contributed by atoms with Crippen molar-refractivity contribution in [3.63, 3.8) is 0 Å². The van der Waals surface area contributed by atoms with Gasteiger partial charge in [0, 0.05) is 29.2 Å². The van der Waals surface area contributed by atoms with Gasteiger partial charge in [0.05, 0.1) is 13.2 Å². The number of rotatable bonds is 3. The number of urea groups is 1. The molecule has 3 aromatic rings. The Morgan fingerprint density at radius 2 is 1.90 bits per heavy atom. The number of ether oxygens (including phenoxy) is 1. The maximum Gasteiger partial charge on any atom is 0.318 e. The smallest absolute Gasteiger partial charge is 0.318 e. The van der Waals surface area contributed by atoms with Gasteiger partial charge in [-0.15, -0.1) is 0 Å². The van der Waals surface area contributed by atoms with Crippen LogP contribution in [0.4, 0.5) is 9.18 Å². The minimum Gasteiger partial charge on any atom is -0.497 e. The van der Waals surface area contributed by atoms with Gasteiger partial charge in [-0.25, -0.2) is 9.18 Å². The Kier molecular flexibility index (Phi) is 5.30. The maximum absolute atomic E-state index is 13.7. The van der Waals surface area contributed by atoms with Crippen molar-refractivity contribution in [2.45, 2.75) is 50.6 Å². The number of nitrogens with zero attached hydrogens (tertiary/aromatic N) is 1. The summed E-state index contributed by atoms with van der Waals surface area (Å²) in [5.74, 6) is 0.532. The molecule has 1 aliphatic carbocycles. The molecule has 5 rings (SSSR count). The molecule has 6 heteroatoms. The molecule has 0 spiro atoms. The molecular formula is C25H28FN3O2. The Bertz CT molecular complexity index is 1090. The third kappa shape index (κ3) is 3.75. The minimum absolute atomic E-state index is 0.0388. The molecule has 2 aromatic carbocycles. The fourth-order valence-corrected chi connectivity index (χ4v) is 5.11. The van der Waals surface area contributed by atoms with Gasteiger partial charge in [-0.1, -0.05) is 31.4 Å². The maximum atomic E-state index is 13.7. The number of hydrogen-bond acceptors (Lipinski definition) is 2. The third-order valence-electron chi connectivity index (χ3n) is 6.71. The number of carbonyl (C=O) groups excluding carboxylic acids is 1. The zero-order valence-electron chi connectivity index (χ0n) is 17.8. The summed E-state index contributed by atoms with van der Waals surface area (Å²) >= 11 is 0. The molecule has 1 aromatic heterocycles. The number of methoxy groups -OCH3 is 1. The predicted molar refractivity (Wildman–Crippen MR) is 119 cm³/mol. The lowest BCUT2D eigenvalue weighted by Crippen LogP contribution is -2.49. The molecule has 0 saturated heterocycles. The Labute approximate surface area is 181 Å². The highest BCUT2D eigenvalue weighted by molar-refractivity contribution is 5.87. The number of aromatic amines is 1. The molecule has 2 N–H and O–H groups in total. The number of fused-ring (bicyclic) bond motifs is 3. The summed E-state index contributed by atoms with van der Waals surface area (Å²) in [7, 11) is 1.67. The highest BCUT2D eigenvalue weighted by atomic mass is 19.1. The van der Waals surface area contributed by atoms with E-state index in [0.717, 1.165) is 47.2 Å². The van der Waals surface area contributed by atoms with Crippen LogP contribution in [0.15, 0.2) is 42.5 Å². The number of hydrogen-bond donors (Lipinski definition) is 2. The van der Waals surface area contributed by atoms with Crippen LogP contribution in [-0.4, -0.2) is 35.6 Å². The van der Waals surface area contributed by atoms with Crippen LogP contribution in [0.25, 0.3) is 10.9 Å². The Hall–Kier alpha value is -3.02.